The molecule has 0 bridgehead atoms. The number of nitriles is 1. The second-order valence-corrected chi connectivity index (χ2v) is 8.96. The second kappa shape index (κ2) is 10.8. The number of fused-ring (bicyclic) bond motifs is 2. The van der Waals surface area contributed by atoms with E-state index in [1.807, 2.05) is 43.3 Å². The average molecular weight is 488 g/mol. The van der Waals surface area contributed by atoms with Crippen LogP contribution in [0.1, 0.15) is 36.9 Å². The second-order valence-electron chi connectivity index (χ2n) is 8.96. The number of hydrogen-bond acceptors (Lipinski definition) is 9. The lowest BCUT2D eigenvalue weighted by Crippen LogP contribution is -2.46. The first-order chi connectivity index (χ1) is 17.7. The number of ether oxygens (including phenoxy) is 3. The van der Waals surface area contributed by atoms with Gasteiger partial charge in [-0.25, -0.2) is 9.97 Å². The summed E-state index contributed by atoms with van der Waals surface area (Å²) in [6.45, 7) is 6.40. The minimum atomic E-state index is -1.12. The molecular weight excluding hydrogens is 458 g/mol. The van der Waals surface area contributed by atoms with Crippen LogP contribution in [0.25, 0.3) is 11.0 Å². The Kier molecular flexibility index (Phi) is 7.14. The molecule has 0 radical (unpaired) electrons. The predicted octanol–water partition coefficient (Wildman–Crippen LogP) is 3.63. The van der Waals surface area contributed by atoms with Crippen LogP contribution >= 0.6 is 0 Å². The molecule has 36 heavy (non-hydrogen) atoms. The fraction of sp³-hybridized carbons (Fsp3) is 0.407. The number of hydrogen-bond donors (Lipinski definition) is 0. The highest BCUT2D eigenvalue weighted by molar-refractivity contribution is 5.85. The maximum atomic E-state index is 12.8. The highest BCUT2D eigenvalue weighted by Gasteiger charge is 2.31. The van der Waals surface area contributed by atoms with E-state index in [-0.39, 0.29) is 6.79 Å². The lowest BCUT2D eigenvalue weighted by molar-refractivity contribution is -0.144. The summed E-state index contributed by atoms with van der Waals surface area (Å²) in [5.74, 6) is 0.455. The Balaban J connectivity index is 1.34. The van der Waals surface area contributed by atoms with Gasteiger partial charge in [0.2, 0.25) is 6.79 Å². The molecule has 3 heterocycles. The first-order valence-electron chi connectivity index (χ1n) is 12.3. The largest absolute Gasteiger partial charge is 0.464 e. The molecule has 0 saturated carbocycles. The number of carbonyl (C=O) groups excluding carboxylic acids is 1. The van der Waals surface area contributed by atoms with Gasteiger partial charge in [-0.1, -0.05) is 31.5 Å². The molecule has 186 valence electrons. The maximum Gasteiger partial charge on any atom is 0.329 e. The van der Waals surface area contributed by atoms with E-state index in [1.54, 1.807) is 0 Å². The smallest absolute Gasteiger partial charge is 0.329 e. The van der Waals surface area contributed by atoms with E-state index in [0.717, 1.165) is 49.5 Å². The quantitative estimate of drug-likeness (QED) is 0.348. The molecule has 1 saturated heterocycles. The highest BCUT2D eigenvalue weighted by Crippen LogP contribution is 2.33. The monoisotopic (exact) mass is 487 g/mol. The van der Waals surface area contributed by atoms with Crippen LogP contribution in [0.2, 0.25) is 0 Å². The Labute approximate surface area is 210 Å². The molecule has 1 aromatic heterocycles. The topological polar surface area (TPSA) is 101 Å². The molecule has 0 aliphatic carbocycles. The van der Waals surface area contributed by atoms with Crippen molar-refractivity contribution in [2.75, 3.05) is 44.5 Å². The van der Waals surface area contributed by atoms with Gasteiger partial charge in [0.15, 0.2) is 23.2 Å². The maximum absolute atomic E-state index is 12.8. The van der Waals surface area contributed by atoms with E-state index >= 15 is 0 Å². The van der Waals surface area contributed by atoms with E-state index in [2.05, 4.69) is 21.9 Å². The molecule has 2 aliphatic rings. The molecular formula is C27H29N5O4. The number of anilines is 1. The fourth-order valence-electron chi connectivity index (χ4n) is 4.47. The molecule has 9 heteroatoms. The molecule has 0 spiro atoms. The van der Waals surface area contributed by atoms with Crippen molar-refractivity contribution >= 4 is 22.8 Å². The molecule has 1 atom stereocenters. The molecule has 3 aromatic rings. The zero-order valence-electron chi connectivity index (χ0n) is 20.4. The third-order valence-electron chi connectivity index (χ3n) is 6.47. The van der Waals surface area contributed by atoms with Crippen LogP contribution < -0.4 is 14.4 Å². The van der Waals surface area contributed by atoms with Gasteiger partial charge in [0.25, 0.3) is 0 Å². The first-order valence-corrected chi connectivity index (χ1v) is 12.3. The Hall–Kier alpha value is -3.90. The summed E-state index contributed by atoms with van der Waals surface area (Å²) in [7, 11) is 0. The van der Waals surface area contributed by atoms with Crippen molar-refractivity contribution < 1.29 is 19.0 Å². The number of esters is 1. The Morgan fingerprint density at radius 2 is 1.83 bits per heavy atom. The lowest BCUT2D eigenvalue weighted by atomic mass is 10.1. The molecule has 9 nitrogen and oxygen atoms in total. The number of rotatable bonds is 8. The van der Waals surface area contributed by atoms with Gasteiger partial charge in [-0.05, 0) is 36.2 Å². The predicted molar refractivity (Wildman–Crippen MR) is 134 cm³/mol. The van der Waals surface area contributed by atoms with Gasteiger partial charge in [0.05, 0.1) is 23.7 Å². The van der Waals surface area contributed by atoms with E-state index in [1.165, 1.54) is 5.56 Å². The number of benzene rings is 2. The summed E-state index contributed by atoms with van der Waals surface area (Å²) in [6, 6.07) is 15.7. The molecule has 0 N–H and O–H groups in total. The average Bonchev–Trinajstić information content (AvgIpc) is 3.37. The van der Waals surface area contributed by atoms with Crippen molar-refractivity contribution in [2.24, 2.45) is 0 Å². The van der Waals surface area contributed by atoms with Gasteiger partial charge in [0, 0.05) is 32.7 Å². The fourth-order valence-corrected chi connectivity index (χ4v) is 4.47. The van der Waals surface area contributed by atoms with Crippen molar-refractivity contribution in [1.82, 2.24) is 14.9 Å². The molecule has 5 rings (SSSR count). The number of unbranched alkanes of at least 4 members (excludes halogenated alkanes) is 1. The summed E-state index contributed by atoms with van der Waals surface area (Å²) in [5.41, 5.74) is 2.91. The molecule has 0 unspecified atom stereocenters. The Morgan fingerprint density at radius 1 is 1.08 bits per heavy atom. The van der Waals surface area contributed by atoms with Crippen molar-refractivity contribution in [2.45, 2.75) is 32.2 Å². The van der Waals surface area contributed by atoms with Crippen LogP contribution in [0.5, 0.6) is 11.5 Å². The molecule has 2 aromatic carbocycles. The summed E-state index contributed by atoms with van der Waals surface area (Å²) in [6.07, 6.45) is 1.66. The summed E-state index contributed by atoms with van der Waals surface area (Å²) < 4.78 is 16.3. The minimum Gasteiger partial charge on any atom is -0.464 e. The number of aromatic nitrogens is 2. The van der Waals surface area contributed by atoms with Crippen LogP contribution in [-0.4, -0.2) is 60.4 Å². The van der Waals surface area contributed by atoms with Gasteiger partial charge < -0.3 is 19.1 Å². The molecule has 0 amide bonds. The van der Waals surface area contributed by atoms with Gasteiger partial charge in [-0.3, -0.25) is 9.69 Å². The zero-order chi connectivity index (χ0) is 24.9. The third kappa shape index (κ3) is 5.04. The van der Waals surface area contributed by atoms with Crippen LogP contribution in [0, 0.1) is 11.3 Å². The van der Waals surface area contributed by atoms with Crippen molar-refractivity contribution in [3.63, 3.8) is 0 Å². The van der Waals surface area contributed by atoms with Crippen LogP contribution in [0.4, 0.5) is 5.82 Å². The lowest BCUT2D eigenvalue weighted by Gasteiger charge is -2.36. The van der Waals surface area contributed by atoms with Crippen LogP contribution in [0.15, 0.2) is 42.5 Å². The number of para-hydroxylation sites is 2. The van der Waals surface area contributed by atoms with E-state index in [0.29, 0.717) is 36.7 Å². The van der Waals surface area contributed by atoms with E-state index < -0.39 is 11.9 Å². The number of carbonyl (C=O) groups is 1. The summed E-state index contributed by atoms with van der Waals surface area (Å²) in [4.78, 5) is 26.9. The zero-order valence-corrected chi connectivity index (χ0v) is 20.4. The normalized spacial score (nSPS) is 16.1. The van der Waals surface area contributed by atoms with Crippen molar-refractivity contribution in [3.8, 4) is 17.6 Å². The van der Waals surface area contributed by atoms with Gasteiger partial charge in [0.1, 0.15) is 5.69 Å². The van der Waals surface area contributed by atoms with E-state index in [4.69, 9.17) is 24.2 Å². The minimum absolute atomic E-state index is 0.266. The number of nitrogens with zero attached hydrogens (tertiary/aromatic N) is 5. The number of piperazine rings is 1. The van der Waals surface area contributed by atoms with Crippen molar-refractivity contribution in [3.05, 3.63) is 53.7 Å². The first kappa shape index (κ1) is 23.8. The van der Waals surface area contributed by atoms with Crippen LogP contribution in [-0.2, 0) is 16.1 Å². The highest BCUT2D eigenvalue weighted by atomic mass is 16.7. The van der Waals surface area contributed by atoms with Gasteiger partial charge in [-0.2, -0.15) is 5.26 Å². The summed E-state index contributed by atoms with van der Waals surface area (Å²) in [5, 5.41) is 9.91. The standard InChI is InChI=1S/C27H29N5O4/c1-2-3-14-34-27(33)20(16-28)25-26(30-22-7-5-4-6-21(22)29-25)32-12-10-31(11-13-32)17-19-8-9-23-24(15-19)36-18-35-23/h4-9,15,20H,2-3,10-14,17-18H2,1H3/t20-/m1/s1. The Morgan fingerprint density at radius 3 is 2.58 bits per heavy atom. The molecule has 1 fully saturated rings. The molecule has 2 aliphatic heterocycles. The van der Waals surface area contributed by atoms with Crippen LogP contribution in [0.3, 0.4) is 0 Å². The SMILES string of the molecule is CCCCOC(=O)[C@H](C#N)c1nc2ccccc2nc1N1CCN(Cc2ccc3c(c2)OCO3)CC1. The third-order valence-corrected chi connectivity index (χ3v) is 6.47. The van der Waals surface area contributed by atoms with Crippen molar-refractivity contribution in [1.29, 1.82) is 5.26 Å². The van der Waals surface area contributed by atoms with Gasteiger partial charge in [-0.15, -0.1) is 0 Å². The Bertz CT molecular complexity index is 1280. The van der Waals surface area contributed by atoms with E-state index in [9.17, 15) is 10.1 Å². The van der Waals surface area contributed by atoms with Gasteiger partial charge >= 0.3 is 5.97 Å². The summed E-state index contributed by atoms with van der Waals surface area (Å²) >= 11 is 0.